The second kappa shape index (κ2) is 4.32. The first-order valence-corrected chi connectivity index (χ1v) is 6.79. The molecule has 0 saturated heterocycles. The van der Waals surface area contributed by atoms with Crippen molar-refractivity contribution in [1.29, 1.82) is 0 Å². The zero-order valence-electron chi connectivity index (χ0n) is 9.19. The highest BCUT2D eigenvalue weighted by molar-refractivity contribution is 7.89. The Labute approximate surface area is 99.3 Å². The molecule has 94 valence electrons. The standard InChI is InChI=1S/C10H14FN3O2S/c11-8-4-9(6-13-5-8)17(15,16)14-7-10(12)2-1-3-10/h4-6,14H,1-3,7,12H2. The summed E-state index contributed by atoms with van der Waals surface area (Å²) in [5.41, 5.74) is 5.45. The van der Waals surface area contributed by atoms with Crippen molar-refractivity contribution >= 4 is 10.0 Å². The molecule has 3 N–H and O–H groups in total. The minimum absolute atomic E-state index is 0.172. The number of pyridine rings is 1. The van der Waals surface area contributed by atoms with Crippen LogP contribution >= 0.6 is 0 Å². The summed E-state index contributed by atoms with van der Waals surface area (Å²) in [7, 11) is -3.72. The Kier molecular flexibility index (Phi) is 3.15. The fourth-order valence-corrected chi connectivity index (χ4v) is 2.78. The van der Waals surface area contributed by atoms with E-state index in [2.05, 4.69) is 9.71 Å². The second-order valence-electron chi connectivity index (χ2n) is 4.38. The molecule has 0 unspecified atom stereocenters. The molecule has 1 fully saturated rings. The van der Waals surface area contributed by atoms with Crippen LogP contribution in [0.3, 0.4) is 0 Å². The van der Waals surface area contributed by atoms with Crippen LogP contribution in [0, 0.1) is 5.82 Å². The average molecular weight is 259 g/mol. The molecule has 0 aromatic carbocycles. The van der Waals surface area contributed by atoms with E-state index in [1.165, 1.54) is 0 Å². The lowest BCUT2D eigenvalue weighted by Crippen LogP contribution is -2.54. The maximum Gasteiger partial charge on any atom is 0.242 e. The van der Waals surface area contributed by atoms with Gasteiger partial charge in [0.1, 0.15) is 10.7 Å². The number of sulfonamides is 1. The summed E-state index contributed by atoms with van der Waals surface area (Å²) < 4.78 is 38.9. The highest BCUT2D eigenvalue weighted by Crippen LogP contribution is 2.28. The molecular weight excluding hydrogens is 245 g/mol. The van der Waals surface area contributed by atoms with Gasteiger partial charge in [-0.1, -0.05) is 0 Å². The van der Waals surface area contributed by atoms with Crippen molar-refractivity contribution in [1.82, 2.24) is 9.71 Å². The van der Waals surface area contributed by atoms with Crippen LogP contribution in [0.2, 0.25) is 0 Å². The zero-order chi connectivity index (χ0) is 12.5. The molecule has 2 rings (SSSR count). The average Bonchev–Trinajstić information content (AvgIpc) is 2.24. The summed E-state index contributed by atoms with van der Waals surface area (Å²) in [6.45, 7) is 0.172. The van der Waals surface area contributed by atoms with Crippen LogP contribution in [-0.2, 0) is 10.0 Å². The van der Waals surface area contributed by atoms with Crippen molar-refractivity contribution in [2.75, 3.05) is 6.54 Å². The fraction of sp³-hybridized carbons (Fsp3) is 0.500. The molecular formula is C10H14FN3O2S. The lowest BCUT2D eigenvalue weighted by atomic mass is 9.78. The Hall–Kier alpha value is -1.05. The predicted molar refractivity (Wildman–Crippen MR) is 60.2 cm³/mol. The Balaban J connectivity index is 2.08. The third kappa shape index (κ3) is 2.80. The van der Waals surface area contributed by atoms with Gasteiger partial charge in [-0.05, 0) is 25.3 Å². The van der Waals surface area contributed by atoms with Crippen LogP contribution in [0.15, 0.2) is 23.4 Å². The Morgan fingerprint density at radius 1 is 1.47 bits per heavy atom. The van der Waals surface area contributed by atoms with Gasteiger partial charge < -0.3 is 5.73 Å². The first-order chi connectivity index (χ1) is 7.91. The van der Waals surface area contributed by atoms with Gasteiger partial charge in [-0.2, -0.15) is 0 Å². The van der Waals surface area contributed by atoms with E-state index in [1.54, 1.807) is 0 Å². The topological polar surface area (TPSA) is 85.1 Å². The van der Waals surface area contributed by atoms with E-state index in [9.17, 15) is 12.8 Å². The summed E-state index contributed by atoms with van der Waals surface area (Å²) in [5, 5.41) is 0. The van der Waals surface area contributed by atoms with Crippen molar-refractivity contribution < 1.29 is 12.8 Å². The highest BCUT2D eigenvalue weighted by atomic mass is 32.2. The first kappa shape index (κ1) is 12.4. The number of nitrogens with two attached hydrogens (primary N) is 1. The molecule has 0 spiro atoms. The molecule has 1 heterocycles. The summed E-state index contributed by atoms with van der Waals surface area (Å²) >= 11 is 0. The number of hydrogen-bond donors (Lipinski definition) is 2. The molecule has 0 aliphatic heterocycles. The van der Waals surface area contributed by atoms with E-state index in [0.29, 0.717) is 0 Å². The van der Waals surface area contributed by atoms with Crippen molar-refractivity contribution in [2.24, 2.45) is 5.73 Å². The molecule has 5 nitrogen and oxygen atoms in total. The minimum Gasteiger partial charge on any atom is -0.324 e. The van der Waals surface area contributed by atoms with Gasteiger partial charge in [0.2, 0.25) is 10.0 Å². The fourth-order valence-electron chi connectivity index (χ4n) is 1.67. The summed E-state index contributed by atoms with van der Waals surface area (Å²) in [6.07, 6.45) is 4.68. The number of hydrogen-bond acceptors (Lipinski definition) is 4. The number of rotatable bonds is 4. The Morgan fingerprint density at radius 2 is 2.18 bits per heavy atom. The van der Waals surface area contributed by atoms with Crippen LogP contribution in [0.1, 0.15) is 19.3 Å². The molecule has 1 aliphatic carbocycles. The summed E-state index contributed by atoms with van der Waals surface area (Å²) in [6, 6.07) is 0.930. The van der Waals surface area contributed by atoms with E-state index < -0.39 is 21.4 Å². The third-order valence-corrected chi connectivity index (χ3v) is 4.32. The van der Waals surface area contributed by atoms with Gasteiger partial charge >= 0.3 is 0 Å². The molecule has 0 amide bonds. The SMILES string of the molecule is NC1(CNS(=O)(=O)c2cncc(F)c2)CCC1. The maximum atomic E-state index is 12.9. The quantitative estimate of drug-likeness (QED) is 0.818. The van der Waals surface area contributed by atoms with E-state index in [1.807, 2.05) is 0 Å². The number of nitrogens with one attached hydrogen (secondary N) is 1. The molecule has 1 aromatic heterocycles. The number of halogens is 1. The van der Waals surface area contributed by atoms with Gasteiger partial charge in [0.05, 0.1) is 6.20 Å². The second-order valence-corrected chi connectivity index (χ2v) is 6.15. The summed E-state index contributed by atoms with van der Waals surface area (Å²) in [5.74, 6) is -0.681. The smallest absolute Gasteiger partial charge is 0.242 e. The Bertz CT molecular complexity index is 514. The highest BCUT2D eigenvalue weighted by Gasteiger charge is 2.33. The minimum atomic E-state index is -3.72. The van der Waals surface area contributed by atoms with Gasteiger partial charge in [0.25, 0.3) is 0 Å². The van der Waals surface area contributed by atoms with Crippen molar-refractivity contribution in [3.05, 3.63) is 24.3 Å². The van der Waals surface area contributed by atoms with Crippen LogP contribution in [0.5, 0.6) is 0 Å². The first-order valence-electron chi connectivity index (χ1n) is 5.30. The van der Waals surface area contributed by atoms with Crippen LogP contribution in [0.4, 0.5) is 4.39 Å². The molecule has 0 atom stereocenters. The molecule has 0 radical (unpaired) electrons. The van der Waals surface area contributed by atoms with E-state index in [-0.39, 0.29) is 11.4 Å². The molecule has 17 heavy (non-hydrogen) atoms. The largest absolute Gasteiger partial charge is 0.324 e. The van der Waals surface area contributed by atoms with E-state index in [0.717, 1.165) is 37.7 Å². The van der Waals surface area contributed by atoms with Crippen LogP contribution < -0.4 is 10.5 Å². The summed E-state index contributed by atoms with van der Waals surface area (Å²) in [4.78, 5) is 3.32. The zero-order valence-corrected chi connectivity index (χ0v) is 10.0. The van der Waals surface area contributed by atoms with E-state index >= 15 is 0 Å². The van der Waals surface area contributed by atoms with Crippen molar-refractivity contribution in [3.63, 3.8) is 0 Å². The number of aromatic nitrogens is 1. The van der Waals surface area contributed by atoms with Gasteiger partial charge in [0.15, 0.2) is 0 Å². The predicted octanol–water partition coefficient (Wildman–Crippen LogP) is 0.380. The lowest BCUT2D eigenvalue weighted by molar-refractivity contribution is 0.251. The van der Waals surface area contributed by atoms with Crippen LogP contribution in [-0.4, -0.2) is 25.5 Å². The van der Waals surface area contributed by atoms with Crippen molar-refractivity contribution in [3.8, 4) is 0 Å². The third-order valence-electron chi connectivity index (χ3n) is 2.95. The molecule has 7 heteroatoms. The van der Waals surface area contributed by atoms with Crippen molar-refractivity contribution in [2.45, 2.75) is 29.7 Å². The van der Waals surface area contributed by atoms with Crippen LogP contribution in [0.25, 0.3) is 0 Å². The normalized spacial score (nSPS) is 18.7. The van der Waals surface area contributed by atoms with Gasteiger partial charge in [-0.15, -0.1) is 0 Å². The Morgan fingerprint density at radius 3 is 2.71 bits per heavy atom. The number of nitrogens with zero attached hydrogens (tertiary/aromatic N) is 1. The lowest BCUT2D eigenvalue weighted by Gasteiger charge is -2.37. The molecule has 1 aliphatic rings. The maximum absolute atomic E-state index is 12.9. The van der Waals surface area contributed by atoms with Gasteiger partial charge in [-0.25, -0.2) is 17.5 Å². The van der Waals surface area contributed by atoms with Gasteiger partial charge in [0, 0.05) is 18.3 Å². The monoisotopic (exact) mass is 259 g/mol. The molecule has 0 bridgehead atoms. The van der Waals surface area contributed by atoms with Gasteiger partial charge in [-0.3, -0.25) is 4.98 Å². The molecule has 1 saturated carbocycles. The van der Waals surface area contributed by atoms with E-state index in [4.69, 9.17) is 5.73 Å². The molecule has 1 aromatic rings.